The average Bonchev–Trinajstić information content (AvgIpc) is 3.53. The number of piperidine rings is 1. The fourth-order valence-electron chi connectivity index (χ4n) is 6.39. The van der Waals surface area contributed by atoms with Crippen molar-refractivity contribution in [2.45, 2.75) is 50.5 Å². The molecular weight excluding hydrogens is 763 g/mol. The largest absolute Gasteiger partial charge is 0.503 e. The first-order valence-corrected chi connectivity index (χ1v) is 18.8. The maximum absolute atomic E-state index is 13.6. The number of aromatic nitrogens is 1. The predicted octanol–water partition coefficient (Wildman–Crippen LogP) is 3.29. The van der Waals surface area contributed by atoms with Gasteiger partial charge in [-0.25, -0.2) is 14.6 Å². The Balaban J connectivity index is 1.31. The molecule has 52 heavy (non-hydrogen) atoms. The number of carboxylic acid groups (broad SMARTS) is 2. The molecule has 3 aliphatic rings. The van der Waals surface area contributed by atoms with Gasteiger partial charge in [0, 0.05) is 23.1 Å². The van der Waals surface area contributed by atoms with E-state index in [2.05, 4.69) is 15.5 Å². The van der Waals surface area contributed by atoms with Crippen LogP contribution in [0.3, 0.4) is 0 Å². The van der Waals surface area contributed by atoms with Crippen LogP contribution in [0.1, 0.15) is 55.6 Å². The lowest BCUT2D eigenvalue weighted by Gasteiger charge is -2.50. The van der Waals surface area contributed by atoms with Crippen LogP contribution in [0, 0.1) is 5.92 Å². The van der Waals surface area contributed by atoms with Crippen molar-refractivity contribution in [1.82, 2.24) is 15.2 Å². The lowest BCUT2D eigenvalue weighted by atomic mass is 9.89. The van der Waals surface area contributed by atoms with E-state index in [1.807, 2.05) is 0 Å². The number of anilines is 1. The van der Waals surface area contributed by atoms with Crippen molar-refractivity contribution in [1.29, 1.82) is 0 Å². The monoisotopic (exact) mass is 799 g/mol. The Kier molecular flexibility index (Phi) is 11.6. The number of thiazole rings is 1. The highest BCUT2D eigenvalue weighted by atomic mass is 35.5. The minimum Gasteiger partial charge on any atom is -0.503 e. The number of halogens is 2. The van der Waals surface area contributed by atoms with Crippen LogP contribution in [0.25, 0.3) is 0 Å². The van der Waals surface area contributed by atoms with Gasteiger partial charge in [-0.2, -0.15) is 0 Å². The fourth-order valence-corrected chi connectivity index (χ4v) is 8.77. The zero-order valence-corrected chi connectivity index (χ0v) is 31.2. The summed E-state index contributed by atoms with van der Waals surface area (Å²) in [6, 6.07) is 1.15. The maximum atomic E-state index is 13.6. The highest BCUT2D eigenvalue weighted by Gasteiger charge is 2.55. The highest BCUT2D eigenvalue weighted by molar-refractivity contribution is 8.00. The number of β-lactam (4-membered cyclic amide) rings is 1. The van der Waals surface area contributed by atoms with Gasteiger partial charge in [-0.15, -0.1) is 23.1 Å². The number of likely N-dealkylation sites (tertiary alicyclic amines) is 1. The van der Waals surface area contributed by atoms with Crippen LogP contribution < -0.4 is 11.1 Å². The van der Waals surface area contributed by atoms with E-state index in [0.29, 0.717) is 36.2 Å². The van der Waals surface area contributed by atoms with Crippen molar-refractivity contribution in [3.63, 3.8) is 0 Å². The third-order valence-electron chi connectivity index (χ3n) is 9.25. The molecule has 1 aromatic heterocycles. The number of phenols is 2. The van der Waals surface area contributed by atoms with Gasteiger partial charge >= 0.3 is 11.9 Å². The number of Topliss-reactive ketones (excluding diaryl/α,β-unsaturated/α-hetero) is 1. The molecule has 0 aliphatic carbocycles. The van der Waals surface area contributed by atoms with Crippen molar-refractivity contribution in [2.75, 3.05) is 44.2 Å². The van der Waals surface area contributed by atoms with Gasteiger partial charge in [0.1, 0.15) is 17.9 Å². The van der Waals surface area contributed by atoms with Crippen molar-refractivity contribution in [3.8, 4) is 11.5 Å². The summed E-state index contributed by atoms with van der Waals surface area (Å²) in [5, 5.41) is 46.6. The number of oxime groups is 1. The molecule has 0 saturated carbocycles. The number of nitrogens with one attached hydrogen (secondary N) is 1. The van der Waals surface area contributed by atoms with Crippen molar-refractivity contribution < 1.29 is 53.7 Å². The number of carboxylic acids is 2. The molecule has 7 N–H and O–H groups in total. The molecule has 2 aromatic rings. The van der Waals surface area contributed by atoms with Crippen LogP contribution >= 0.6 is 46.3 Å². The molecule has 5 rings (SSSR count). The van der Waals surface area contributed by atoms with Crippen molar-refractivity contribution >= 4 is 86.7 Å². The standard InChI is InChI=1S/C32H36Cl2N6O10S2/c1-32(2,30(48)49)50-38-22(19-14-52-31(35)37-19)20(41)11-17-27(45)39-23(29(46)47)15(13-51-28(17)39)12-40(7-4-3-5-8-40)9-6-36-26(44)16-10-18(33)24(42)25(43)21(16)34/h10,14,17,28H,3-9,11-13H2,1-2H3,(H6-,35,36,37,38,41,42,43,44,46,47,48,49)/p+1. The first-order valence-electron chi connectivity index (χ1n) is 16.1. The molecule has 3 aliphatic heterocycles. The molecule has 2 amide bonds. The molecule has 280 valence electrons. The van der Waals surface area contributed by atoms with Gasteiger partial charge in [0.15, 0.2) is 28.1 Å². The molecule has 2 unspecified atom stereocenters. The summed E-state index contributed by atoms with van der Waals surface area (Å²) in [6.45, 7) is 4.85. The second kappa shape index (κ2) is 15.5. The Morgan fingerprint density at radius 2 is 1.85 bits per heavy atom. The molecule has 0 bridgehead atoms. The number of hydrogen-bond acceptors (Lipinski definition) is 13. The normalized spacial score (nSPS) is 20.2. The van der Waals surface area contributed by atoms with Crippen molar-refractivity contribution in [2.24, 2.45) is 11.1 Å². The minimum atomic E-state index is -1.77. The quantitative estimate of drug-likeness (QED) is 0.0529. The molecule has 0 spiro atoms. The van der Waals surface area contributed by atoms with Gasteiger partial charge < -0.3 is 40.8 Å². The van der Waals surface area contributed by atoms with Gasteiger partial charge in [0.2, 0.25) is 11.5 Å². The number of rotatable bonds is 14. The number of quaternary nitrogens is 1. The molecule has 4 heterocycles. The number of thioether (sulfide) groups is 1. The number of carbonyl (C=O) groups excluding carboxylic acids is 3. The van der Waals surface area contributed by atoms with Gasteiger partial charge in [-0.05, 0) is 39.2 Å². The smallest absolute Gasteiger partial charge is 0.352 e. The number of nitrogens with two attached hydrogens (primary N) is 1. The summed E-state index contributed by atoms with van der Waals surface area (Å²) in [7, 11) is 0. The number of benzene rings is 1. The second-order valence-corrected chi connectivity index (χ2v) is 16.0. The number of nitrogens with zero attached hydrogens (tertiary/aromatic N) is 4. The molecule has 16 nitrogen and oxygen atoms in total. The number of nitrogen functional groups attached to an aromatic ring is 1. The van der Waals surface area contributed by atoms with E-state index in [1.165, 1.54) is 35.9 Å². The van der Waals surface area contributed by atoms with Gasteiger partial charge in [0.25, 0.3) is 5.91 Å². The second-order valence-electron chi connectivity index (χ2n) is 13.2. The average molecular weight is 801 g/mol. The topological polar surface area (TPSA) is 242 Å². The van der Waals surface area contributed by atoms with E-state index >= 15 is 0 Å². The SMILES string of the molecule is CC(C)(O/N=C(\C(=O)CC1C(=O)N2C(C(=O)O)=C(C[N+]3(CCNC(=O)c4cc(Cl)c(O)c(O)c4Cl)CCCCC3)CSC12)c1csc(N)n1)C(=O)O. The number of aliphatic carboxylic acids is 2. The minimum absolute atomic E-state index is 0.0573. The Morgan fingerprint density at radius 3 is 2.46 bits per heavy atom. The first-order chi connectivity index (χ1) is 24.5. The van der Waals surface area contributed by atoms with Gasteiger partial charge in [-0.3, -0.25) is 19.3 Å². The van der Waals surface area contributed by atoms with E-state index in [0.717, 1.165) is 36.7 Å². The van der Waals surface area contributed by atoms with Crippen LogP contribution in [0.15, 0.2) is 27.9 Å². The number of aromatic hydroxyl groups is 2. The van der Waals surface area contributed by atoms with E-state index in [4.69, 9.17) is 33.8 Å². The number of carbonyl (C=O) groups is 5. The van der Waals surface area contributed by atoms with Crippen LogP contribution in [0.4, 0.5) is 5.13 Å². The number of hydrogen-bond donors (Lipinski definition) is 6. The number of fused-ring (bicyclic) bond motifs is 1. The number of ketones is 1. The lowest BCUT2D eigenvalue weighted by molar-refractivity contribution is -0.927. The molecule has 2 fully saturated rings. The zero-order chi connectivity index (χ0) is 38.1. The van der Waals surface area contributed by atoms with Crippen LogP contribution in [0.2, 0.25) is 10.0 Å². The Hall–Kier alpha value is -4.10. The van der Waals surface area contributed by atoms with Crippen LogP contribution in [-0.2, 0) is 24.0 Å². The van der Waals surface area contributed by atoms with Gasteiger partial charge in [0.05, 0.1) is 53.1 Å². The summed E-state index contributed by atoms with van der Waals surface area (Å²) < 4.78 is 0.459. The highest BCUT2D eigenvalue weighted by Crippen LogP contribution is 2.46. The molecule has 2 atom stereocenters. The molecular formula is C32H37Cl2N6O10S2+. The third kappa shape index (κ3) is 7.95. The summed E-state index contributed by atoms with van der Waals surface area (Å²) in [5.41, 5.74) is 4.04. The molecule has 20 heteroatoms. The summed E-state index contributed by atoms with van der Waals surface area (Å²) >= 11 is 14.4. The maximum Gasteiger partial charge on any atom is 0.352 e. The third-order valence-corrected chi connectivity index (χ3v) is 12.0. The first kappa shape index (κ1) is 39.1. The Morgan fingerprint density at radius 1 is 1.15 bits per heavy atom. The summed E-state index contributed by atoms with van der Waals surface area (Å²) in [4.78, 5) is 74.8. The molecule has 1 aromatic carbocycles. The lowest BCUT2D eigenvalue weighted by Crippen LogP contribution is -2.63. The van der Waals surface area contributed by atoms with E-state index in [-0.39, 0.29) is 56.6 Å². The van der Waals surface area contributed by atoms with Crippen molar-refractivity contribution in [3.05, 3.63) is 44.0 Å². The summed E-state index contributed by atoms with van der Waals surface area (Å²) in [6.07, 6.45) is 2.39. The zero-order valence-electron chi connectivity index (χ0n) is 28.1. The number of phenolic OH excluding ortho intramolecular Hbond substituents is 2. The summed E-state index contributed by atoms with van der Waals surface area (Å²) in [5.74, 6) is -6.35. The van der Waals surface area contributed by atoms with Crippen LogP contribution in [0.5, 0.6) is 11.5 Å². The number of amides is 2. The fraction of sp³-hybridized carbons (Fsp3) is 0.469. The van der Waals surface area contributed by atoms with E-state index in [1.54, 1.807) is 0 Å². The van der Waals surface area contributed by atoms with Crippen LogP contribution in [-0.4, -0.2) is 119 Å². The Bertz CT molecular complexity index is 1880. The molecule has 0 radical (unpaired) electrons. The van der Waals surface area contributed by atoms with E-state index < -0.39 is 57.9 Å². The van der Waals surface area contributed by atoms with Gasteiger partial charge in [-0.1, -0.05) is 28.4 Å². The Labute approximate surface area is 315 Å². The molecule has 2 saturated heterocycles. The van der Waals surface area contributed by atoms with E-state index in [9.17, 15) is 44.4 Å². The predicted molar refractivity (Wildman–Crippen MR) is 192 cm³/mol.